The minimum atomic E-state index is -0.273. The lowest BCUT2D eigenvalue weighted by atomic mass is 10.1. The van der Waals surface area contributed by atoms with Gasteiger partial charge in [0.15, 0.2) is 0 Å². The number of para-hydroxylation sites is 1. The van der Waals surface area contributed by atoms with E-state index in [0.717, 1.165) is 23.0 Å². The maximum Gasteiger partial charge on any atom is 0.328 e. The van der Waals surface area contributed by atoms with Gasteiger partial charge in [-0.15, -0.1) is 0 Å². The zero-order valence-electron chi connectivity index (χ0n) is 13.0. The Morgan fingerprint density at radius 2 is 1.90 bits per heavy atom. The molecule has 0 aliphatic rings. The van der Waals surface area contributed by atoms with Gasteiger partial charge in [-0.05, 0) is 41.4 Å². The Kier molecular flexibility index (Phi) is 9.15. The first kappa shape index (κ1) is 18.0. The smallest absolute Gasteiger partial charge is 0.328 e. The maximum atomic E-state index is 12.1. The lowest BCUT2D eigenvalue weighted by Crippen LogP contribution is -2.31. The SMILES string of the molecule is CCCCCCCC(Nc1ccccc1Br)C(=O)OCC. The van der Waals surface area contributed by atoms with E-state index in [9.17, 15) is 4.79 Å². The lowest BCUT2D eigenvalue weighted by molar-refractivity contribution is -0.144. The molecular weight excluding hydrogens is 330 g/mol. The van der Waals surface area contributed by atoms with Crippen LogP contribution < -0.4 is 5.32 Å². The van der Waals surface area contributed by atoms with E-state index in [1.54, 1.807) is 0 Å². The van der Waals surface area contributed by atoms with Crippen molar-refractivity contribution in [3.05, 3.63) is 28.7 Å². The third-order valence-electron chi connectivity index (χ3n) is 3.37. The Hall–Kier alpha value is -1.03. The van der Waals surface area contributed by atoms with Gasteiger partial charge in [0.2, 0.25) is 0 Å². The number of anilines is 1. The molecule has 1 unspecified atom stereocenters. The van der Waals surface area contributed by atoms with Gasteiger partial charge in [-0.25, -0.2) is 4.79 Å². The van der Waals surface area contributed by atoms with Crippen LogP contribution in [0.5, 0.6) is 0 Å². The molecule has 0 saturated heterocycles. The normalized spacial score (nSPS) is 12.0. The highest BCUT2D eigenvalue weighted by Crippen LogP contribution is 2.23. The molecule has 1 atom stereocenters. The standard InChI is InChI=1S/C17H26BrNO2/c1-3-5-6-7-8-13-16(17(20)21-4-2)19-15-12-10-9-11-14(15)18/h9-12,16,19H,3-8,13H2,1-2H3. The van der Waals surface area contributed by atoms with Crippen LogP contribution >= 0.6 is 15.9 Å². The van der Waals surface area contributed by atoms with Crippen LogP contribution in [0, 0.1) is 0 Å². The van der Waals surface area contributed by atoms with Gasteiger partial charge in [-0.2, -0.15) is 0 Å². The summed E-state index contributed by atoms with van der Waals surface area (Å²) < 4.78 is 6.14. The molecule has 1 rings (SSSR count). The molecule has 21 heavy (non-hydrogen) atoms. The third-order valence-corrected chi connectivity index (χ3v) is 4.06. The van der Waals surface area contributed by atoms with E-state index < -0.39 is 0 Å². The molecule has 1 aromatic carbocycles. The Bertz CT molecular complexity index is 423. The van der Waals surface area contributed by atoms with E-state index in [0.29, 0.717) is 6.61 Å². The minimum absolute atomic E-state index is 0.163. The molecule has 4 heteroatoms. The molecule has 0 aliphatic heterocycles. The first-order valence-electron chi connectivity index (χ1n) is 7.86. The summed E-state index contributed by atoms with van der Waals surface area (Å²) in [4.78, 5) is 12.1. The molecule has 0 amide bonds. The number of hydrogen-bond donors (Lipinski definition) is 1. The van der Waals surface area contributed by atoms with Crippen LogP contribution in [0.3, 0.4) is 0 Å². The second kappa shape index (κ2) is 10.7. The van der Waals surface area contributed by atoms with Crippen molar-refractivity contribution in [3.63, 3.8) is 0 Å². The summed E-state index contributed by atoms with van der Waals surface area (Å²) in [5.74, 6) is -0.163. The monoisotopic (exact) mass is 355 g/mol. The van der Waals surface area contributed by atoms with Crippen molar-refractivity contribution < 1.29 is 9.53 Å². The van der Waals surface area contributed by atoms with Gasteiger partial charge in [0.1, 0.15) is 6.04 Å². The molecule has 0 radical (unpaired) electrons. The Morgan fingerprint density at radius 3 is 2.57 bits per heavy atom. The fourth-order valence-corrected chi connectivity index (χ4v) is 2.61. The number of ether oxygens (including phenoxy) is 1. The number of carbonyl (C=O) groups excluding carboxylic acids is 1. The average molecular weight is 356 g/mol. The molecule has 3 nitrogen and oxygen atoms in total. The molecule has 1 aromatic rings. The average Bonchev–Trinajstić information content (AvgIpc) is 2.48. The predicted molar refractivity (Wildman–Crippen MR) is 91.6 cm³/mol. The van der Waals surface area contributed by atoms with Crippen LogP contribution in [-0.4, -0.2) is 18.6 Å². The van der Waals surface area contributed by atoms with Crippen LogP contribution in [0.1, 0.15) is 52.4 Å². The number of benzene rings is 1. The molecule has 0 heterocycles. The van der Waals surface area contributed by atoms with Crippen molar-refractivity contribution in [1.82, 2.24) is 0 Å². The summed E-state index contributed by atoms with van der Waals surface area (Å²) in [6.07, 6.45) is 6.76. The van der Waals surface area contributed by atoms with Gasteiger partial charge in [-0.3, -0.25) is 0 Å². The van der Waals surface area contributed by atoms with Crippen LogP contribution in [-0.2, 0) is 9.53 Å². The number of esters is 1. The molecule has 1 N–H and O–H groups in total. The summed E-state index contributed by atoms with van der Waals surface area (Å²) in [5.41, 5.74) is 0.934. The largest absolute Gasteiger partial charge is 0.464 e. The van der Waals surface area contributed by atoms with Crippen molar-refractivity contribution in [2.75, 3.05) is 11.9 Å². The van der Waals surface area contributed by atoms with Gasteiger partial charge in [0, 0.05) is 10.2 Å². The highest BCUT2D eigenvalue weighted by molar-refractivity contribution is 9.10. The molecule has 0 bridgehead atoms. The fraction of sp³-hybridized carbons (Fsp3) is 0.588. The van der Waals surface area contributed by atoms with Crippen molar-refractivity contribution in [3.8, 4) is 0 Å². The number of unbranched alkanes of at least 4 members (excludes halogenated alkanes) is 4. The summed E-state index contributed by atoms with van der Waals surface area (Å²) >= 11 is 3.50. The Morgan fingerprint density at radius 1 is 1.19 bits per heavy atom. The molecule has 0 aliphatic carbocycles. The van der Waals surface area contributed by atoms with Crippen molar-refractivity contribution in [1.29, 1.82) is 0 Å². The van der Waals surface area contributed by atoms with E-state index >= 15 is 0 Å². The van der Waals surface area contributed by atoms with E-state index in [2.05, 4.69) is 28.2 Å². The summed E-state index contributed by atoms with van der Waals surface area (Å²) in [5, 5.41) is 3.30. The first-order valence-corrected chi connectivity index (χ1v) is 8.66. The number of rotatable bonds is 10. The third kappa shape index (κ3) is 6.98. The Labute approximate surface area is 136 Å². The summed E-state index contributed by atoms with van der Waals surface area (Å²) in [6.45, 7) is 4.47. The zero-order chi connectivity index (χ0) is 15.5. The van der Waals surface area contributed by atoms with E-state index in [-0.39, 0.29) is 12.0 Å². The van der Waals surface area contributed by atoms with Crippen LogP contribution in [0.2, 0.25) is 0 Å². The molecular formula is C17H26BrNO2. The second-order valence-electron chi connectivity index (χ2n) is 5.13. The van der Waals surface area contributed by atoms with Crippen LogP contribution in [0.15, 0.2) is 28.7 Å². The zero-order valence-corrected chi connectivity index (χ0v) is 14.6. The van der Waals surface area contributed by atoms with Crippen LogP contribution in [0.25, 0.3) is 0 Å². The molecule has 0 fully saturated rings. The number of nitrogens with one attached hydrogen (secondary N) is 1. The molecule has 0 aromatic heterocycles. The molecule has 0 spiro atoms. The first-order chi connectivity index (χ1) is 10.2. The van der Waals surface area contributed by atoms with Crippen molar-refractivity contribution in [2.45, 2.75) is 58.4 Å². The minimum Gasteiger partial charge on any atom is -0.464 e. The van der Waals surface area contributed by atoms with Gasteiger partial charge in [-0.1, -0.05) is 51.2 Å². The predicted octanol–water partition coefficient (Wildman–Crippen LogP) is 5.15. The number of carbonyl (C=O) groups is 1. The molecule has 0 saturated carbocycles. The quantitative estimate of drug-likeness (QED) is 0.465. The maximum absolute atomic E-state index is 12.1. The number of halogens is 1. The highest BCUT2D eigenvalue weighted by Gasteiger charge is 2.19. The second-order valence-corrected chi connectivity index (χ2v) is 5.99. The van der Waals surface area contributed by atoms with E-state index in [1.165, 1.54) is 25.7 Å². The van der Waals surface area contributed by atoms with E-state index in [1.807, 2.05) is 31.2 Å². The van der Waals surface area contributed by atoms with Crippen molar-refractivity contribution in [2.24, 2.45) is 0 Å². The topological polar surface area (TPSA) is 38.3 Å². The fourth-order valence-electron chi connectivity index (χ4n) is 2.21. The van der Waals surface area contributed by atoms with Gasteiger partial charge in [0.05, 0.1) is 6.61 Å². The van der Waals surface area contributed by atoms with Gasteiger partial charge >= 0.3 is 5.97 Å². The lowest BCUT2D eigenvalue weighted by Gasteiger charge is -2.19. The Balaban J connectivity index is 2.56. The van der Waals surface area contributed by atoms with E-state index in [4.69, 9.17) is 4.74 Å². The highest BCUT2D eigenvalue weighted by atomic mass is 79.9. The van der Waals surface area contributed by atoms with Crippen LogP contribution in [0.4, 0.5) is 5.69 Å². The molecule has 118 valence electrons. The van der Waals surface area contributed by atoms with Gasteiger partial charge < -0.3 is 10.1 Å². The summed E-state index contributed by atoms with van der Waals surface area (Å²) in [7, 11) is 0. The number of hydrogen-bond acceptors (Lipinski definition) is 3. The van der Waals surface area contributed by atoms with Crippen molar-refractivity contribution >= 4 is 27.6 Å². The van der Waals surface area contributed by atoms with Gasteiger partial charge in [0.25, 0.3) is 0 Å². The summed E-state index contributed by atoms with van der Waals surface area (Å²) in [6, 6.07) is 7.57.